The zero-order valence-corrected chi connectivity index (χ0v) is 16.9. The Balaban J connectivity index is 2.00. The highest BCUT2D eigenvalue weighted by atomic mass is 32.1. The summed E-state index contributed by atoms with van der Waals surface area (Å²) in [6.07, 6.45) is 1.42. The summed E-state index contributed by atoms with van der Waals surface area (Å²) >= 11 is 1.27. The maximum absolute atomic E-state index is 12.4. The number of methoxy groups -OCH3 is 1. The van der Waals surface area contributed by atoms with Gasteiger partial charge >= 0.3 is 11.9 Å². The van der Waals surface area contributed by atoms with Crippen LogP contribution in [-0.4, -0.2) is 35.6 Å². The van der Waals surface area contributed by atoms with Crippen LogP contribution in [-0.2, 0) is 9.47 Å². The minimum atomic E-state index is -0.451. The van der Waals surface area contributed by atoms with E-state index in [1.54, 1.807) is 18.2 Å². The molecule has 0 spiro atoms. The van der Waals surface area contributed by atoms with Gasteiger partial charge in [0.1, 0.15) is 21.9 Å². The predicted molar refractivity (Wildman–Crippen MR) is 108 cm³/mol. The summed E-state index contributed by atoms with van der Waals surface area (Å²) in [5, 5.41) is 3.90. The van der Waals surface area contributed by atoms with Crippen LogP contribution in [0.3, 0.4) is 0 Å². The minimum Gasteiger partial charge on any atom is -0.465 e. The highest BCUT2D eigenvalue weighted by Crippen LogP contribution is 2.35. The first-order valence-corrected chi connectivity index (χ1v) is 9.59. The fraction of sp³-hybridized carbons (Fsp3) is 0.300. The van der Waals surface area contributed by atoms with Crippen LogP contribution in [0.5, 0.6) is 0 Å². The van der Waals surface area contributed by atoms with E-state index in [2.05, 4.69) is 15.3 Å². The normalized spacial score (nSPS) is 10.9. The lowest BCUT2D eigenvalue weighted by Crippen LogP contribution is -2.09. The van der Waals surface area contributed by atoms with Gasteiger partial charge in [0.15, 0.2) is 0 Å². The van der Waals surface area contributed by atoms with E-state index in [-0.39, 0.29) is 11.9 Å². The maximum Gasteiger partial charge on any atom is 0.348 e. The van der Waals surface area contributed by atoms with Crippen molar-refractivity contribution in [3.63, 3.8) is 0 Å². The van der Waals surface area contributed by atoms with E-state index < -0.39 is 5.97 Å². The Labute approximate surface area is 166 Å². The monoisotopic (exact) mass is 399 g/mol. The summed E-state index contributed by atoms with van der Waals surface area (Å²) in [5.41, 5.74) is 1.69. The summed E-state index contributed by atoms with van der Waals surface area (Å²) in [6, 6.07) is 7.00. The molecular formula is C20H21N3O4S. The molecular weight excluding hydrogens is 378 g/mol. The zero-order valence-electron chi connectivity index (χ0n) is 16.1. The summed E-state index contributed by atoms with van der Waals surface area (Å²) in [4.78, 5) is 34.2. The first-order chi connectivity index (χ1) is 13.4. The number of esters is 2. The molecule has 0 unspecified atom stereocenters. The summed E-state index contributed by atoms with van der Waals surface area (Å²) < 4.78 is 10.2. The molecule has 0 saturated carbocycles. The smallest absolute Gasteiger partial charge is 0.348 e. The molecule has 0 atom stereocenters. The van der Waals surface area contributed by atoms with Crippen LogP contribution in [0.15, 0.2) is 30.6 Å². The lowest BCUT2D eigenvalue weighted by atomic mass is 10.1. The van der Waals surface area contributed by atoms with Gasteiger partial charge in [-0.15, -0.1) is 11.3 Å². The second-order valence-corrected chi connectivity index (χ2v) is 7.61. The molecule has 2 heterocycles. The van der Waals surface area contributed by atoms with Gasteiger partial charge in [0.2, 0.25) is 0 Å². The van der Waals surface area contributed by atoms with Crippen LogP contribution in [0.1, 0.15) is 39.4 Å². The number of carbonyl (C=O) groups excluding carboxylic acids is 2. The van der Waals surface area contributed by atoms with E-state index in [9.17, 15) is 9.59 Å². The molecule has 0 aliphatic carbocycles. The molecule has 8 heteroatoms. The lowest BCUT2D eigenvalue weighted by molar-refractivity contribution is 0.0463. The number of hydrogen-bond donors (Lipinski definition) is 1. The predicted octanol–water partition coefficient (Wildman–Crippen LogP) is 4.34. The van der Waals surface area contributed by atoms with Crippen molar-refractivity contribution in [3.8, 4) is 0 Å². The van der Waals surface area contributed by atoms with Gasteiger partial charge in [-0.1, -0.05) is 26.0 Å². The fourth-order valence-electron chi connectivity index (χ4n) is 2.68. The largest absolute Gasteiger partial charge is 0.465 e. The van der Waals surface area contributed by atoms with Crippen LogP contribution >= 0.6 is 11.3 Å². The number of benzene rings is 1. The Bertz CT molecular complexity index is 1030. The summed E-state index contributed by atoms with van der Waals surface area (Å²) in [7, 11) is 1.33. The molecule has 0 radical (unpaired) electrons. The molecule has 0 aliphatic heterocycles. The summed E-state index contributed by atoms with van der Waals surface area (Å²) in [6.45, 7) is 6.16. The lowest BCUT2D eigenvalue weighted by Gasteiger charge is -2.11. The quantitative estimate of drug-likeness (QED) is 0.617. The van der Waals surface area contributed by atoms with Crippen LogP contribution in [0.25, 0.3) is 10.2 Å². The topological polar surface area (TPSA) is 90.4 Å². The van der Waals surface area contributed by atoms with Crippen LogP contribution in [0.2, 0.25) is 0 Å². The van der Waals surface area contributed by atoms with E-state index in [0.29, 0.717) is 33.4 Å². The van der Waals surface area contributed by atoms with Crippen LogP contribution in [0, 0.1) is 12.8 Å². The van der Waals surface area contributed by atoms with Gasteiger partial charge in [-0.25, -0.2) is 19.6 Å². The van der Waals surface area contributed by atoms with Gasteiger partial charge < -0.3 is 14.8 Å². The van der Waals surface area contributed by atoms with Crippen LogP contribution in [0.4, 0.5) is 11.5 Å². The van der Waals surface area contributed by atoms with Crippen molar-refractivity contribution < 1.29 is 19.1 Å². The third kappa shape index (κ3) is 3.96. The zero-order chi connectivity index (χ0) is 20.3. The molecule has 28 heavy (non-hydrogen) atoms. The molecule has 0 bridgehead atoms. The number of nitrogens with one attached hydrogen (secondary N) is 1. The van der Waals surface area contributed by atoms with Crippen molar-refractivity contribution in [2.45, 2.75) is 20.8 Å². The van der Waals surface area contributed by atoms with Crippen molar-refractivity contribution >= 4 is 45.0 Å². The number of para-hydroxylation sites is 1. The third-order valence-electron chi connectivity index (χ3n) is 4.05. The Morgan fingerprint density at radius 3 is 2.64 bits per heavy atom. The average molecular weight is 399 g/mol. The number of fused-ring (bicyclic) bond motifs is 1. The molecule has 1 N–H and O–H groups in total. The van der Waals surface area contributed by atoms with Crippen molar-refractivity contribution in [2.24, 2.45) is 5.92 Å². The minimum absolute atomic E-state index is 0.255. The first-order valence-electron chi connectivity index (χ1n) is 8.78. The third-order valence-corrected chi connectivity index (χ3v) is 5.23. The second-order valence-electron chi connectivity index (χ2n) is 6.61. The Kier molecular flexibility index (Phi) is 5.89. The van der Waals surface area contributed by atoms with E-state index in [1.807, 2.05) is 26.8 Å². The number of rotatable bonds is 6. The molecule has 0 amide bonds. The highest BCUT2D eigenvalue weighted by Gasteiger charge is 2.21. The Hall–Kier alpha value is -3.00. The molecule has 146 valence electrons. The van der Waals surface area contributed by atoms with E-state index in [4.69, 9.17) is 9.47 Å². The van der Waals surface area contributed by atoms with Crippen LogP contribution < -0.4 is 5.32 Å². The van der Waals surface area contributed by atoms with E-state index in [1.165, 1.54) is 24.8 Å². The van der Waals surface area contributed by atoms with Crippen molar-refractivity contribution in [1.82, 2.24) is 9.97 Å². The van der Waals surface area contributed by atoms with Gasteiger partial charge in [0.25, 0.3) is 0 Å². The van der Waals surface area contributed by atoms with Gasteiger partial charge in [-0.2, -0.15) is 0 Å². The highest BCUT2D eigenvalue weighted by molar-refractivity contribution is 7.20. The average Bonchev–Trinajstić information content (AvgIpc) is 3.03. The number of ether oxygens (including phenoxy) is 2. The molecule has 0 fully saturated rings. The number of nitrogens with zero attached hydrogens (tertiary/aromatic N) is 2. The summed E-state index contributed by atoms with van der Waals surface area (Å²) in [5.74, 6) is -0.0491. The standard InChI is InChI=1S/C20H21N3O4S/c1-11(2)9-27-20(25)16-12(3)15-17(21-10-22-18(15)28-16)23-14-8-6-5-7-13(14)19(24)26-4/h5-8,10-11H,9H2,1-4H3,(H,21,22,23). The molecule has 3 rings (SSSR count). The Morgan fingerprint density at radius 1 is 1.18 bits per heavy atom. The molecule has 2 aromatic heterocycles. The molecule has 3 aromatic rings. The number of carbonyl (C=O) groups is 2. The Morgan fingerprint density at radius 2 is 1.93 bits per heavy atom. The van der Waals surface area contributed by atoms with Crippen molar-refractivity contribution in [1.29, 1.82) is 0 Å². The van der Waals surface area contributed by atoms with E-state index >= 15 is 0 Å². The first kappa shape index (κ1) is 19.8. The van der Waals surface area contributed by atoms with Gasteiger partial charge in [-0.3, -0.25) is 0 Å². The number of aryl methyl sites for hydroxylation is 1. The van der Waals surface area contributed by atoms with Crippen molar-refractivity contribution in [3.05, 3.63) is 46.6 Å². The van der Waals surface area contributed by atoms with Crippen molar-refractivity contribution in [2.75, 3.05) is 19.0 Å². The molecule has 7 nitrogen and oxygen atoms in total. The maximum atomic E-state index is 12.4. The van der Waals surface area contributed by atoms with Gasteiger partial charge in [-0.05, 0) is 30.5 Å². The number of thiophene rings is 1. The molecule has 1 aromatic carbocycles. The van der Waals surface area contributed by atoms with E-state index in [0.717, 1.165) is 10.9 Å². The molecule has 0 saturated heterocycles. The SMILES string of the molecule is COC(=O)c1ccccc1Nc1ncnc2sc(C(=O)OCC(C)C)c(C)c12. The number of anilines is 2. The molecule has 0 aliphatic rings. The van der Waals surface area contributed by atoms with Gasteiger partial charge in [0, 0.05) is 0 Å². The number of hydrogen-bond acceptors (Lipinski definition) is 8. The fourth-order valence-corrected chi connectivity index (χ4v) is 3.72. The number of aromatic nitrogens is 2. The second kappa shape index (κ2) is 8.35. The van der Waals surface area contributed by atoms with Gasteiger partial charge in [0.05, 0.1) is 30.4 Å².